The minimum absolute atomic E-state index is 0.409. The van der Waals surface area contributed by atoms with Crippen molar-refractivity contribution < 1.29 is 9.52 Å². The summed E-state index contributed by atoms with van der Waals surface area (Å²) in [7, 11) is 0. The minimum atomic E-state index is -0.409. The van der Waals surface area contributed by atoms with E-state index in [-0.39, 0.29) is 0 Å². The highest BCUT2D eigenvalue weighted by molar-refractivity contribution is 5.31. The van der Waals surface area contributed by atoms with Crippen LogP contribution in [-0.2, 0) is 6.42 Å². The fraction of sp³-hybridized carbons (Fsp3) is 0.800. The van der Waals surface area contributed by atoms with Gasteiger partial charge in [-0.05, 0) is 92.1 Å². The summed E-state index contributed by atoms with van der Waals surface area (Å²) in [5.74, 6) is 3.29. The van der Waals surface area contributed by atoms with Gasteiger partial charge < -0.3 is 9.52 Å². The van der Waals surface area contributed by atoms with E-state index in [0.717, 1.165) is 18.8 Å². The second-order valence-electron chi connectivity index (χ2n) is 9.32. The zero-order chi connectivity index (χ0) is 15.2. The summed E-state index contributed by atoms with van der Waals surface area (Å²) in [6.07, 6.45) is 11.8. The summed E-state index contributed by atoms with van der Waals surface area (Å²) < 4.78 is 5.74. The van der Waals surface area contributed by atoms with Crippen LogP contribution in [0, 0.1) is 22.7 Å². The lowest BCUT2D eigenvalue weighted by Crippen LogP contribution is -2.51. The highest BCUT2D eigenvalue weighted by atomic mass is 16.3. The number of hydrogen-bond acceptors (Lipinski definition) is 2. The van der Waals surface area contributed by atoms with Gasteiger partial charge in [-0.15, -0.1) is 0 Å². The molecule has 2 nitrogen and oxygen atoms in total. The fourth-order valence-electron chi connectivity index (χ4n) is 7.50. The molecule has 4 unspecified atom stereocenters. The van der Waals surface area contributed by atoms with Gasteiger partial charge in [0.1, 0.15) is 5.76 Å². The van der Waals surface area contributed by atoms with Gasteiger partial charge in [0, 0.05) is 6.42 Å². The van der Waals surface area contributed by atoms with Crippen molar-refractivity contribution in [3.63, 3.8) is 0 Å². The molecule has 3 fully saturated rings. The zero-order valence-corrected chi connectivity index (χ0v) is 13.9. The molecule has 1 heterocycles. The maximum Gasteiger partial charge on any atom is 0.107 e. The van der Waals surface area contributed by atoms with Crippen LogP contribution in [0.25, 0.3) is 0 Å². The largest absolute Gasteiger partial charge is 0.469 e. The van der Waals surface area contributed by atoms with Crippen molar-refractivity contribution in [2.24, 2.45) is 22.7 Å². The predicted molar refractivity (Wildman–Crippen MR) is 85.6 cm³/mol. The summed E-state index contributed by atoms with van der Waals surface area (Å²) >= 11 is 0. The van der Waals surface area contributed by atoms with Gasteiger partial charge in [-0.2, -0.15) is 0 Å². The summed E-state index contributed by atoms with van der Waals surface area (Å²) in [6.45, 7) is 4.67. The first-order valence-electron chi connectivity index (χ1n) is 9.23. The molecule has 22 heavy (non-hydrogen) atoms. The molecule has 0 amide bonds. The molecule has 6 atom stereocenters. The van der Waals surface area contributed by atoms with Gasteiger partial charge in [-0.25, -0.2) is 0 Å². The Hall–Kier alpha value is -0.760. The number of rotatable bonds is 0. The van der Waals surface area contributed by atoms with Gasteiger partial charge in [-0.3, -0.25) is 0 Å². The second kappa shape index (κ2) is 4.01. The van der Waals surface area contributed by atoms with Gasteiger partial charge in [0.2, 0.25) is 0 Å². The highest BCUT2D eigenvalue weighted by Gasteiger charge is 2.64. The first-order chi connectivity index (χ1) is 10.4. The summed E-state index contributed by atoms with van der Waals surface area (Å²) in [5.41, 5.74) is 1.95. The number of furan rings is 1. The van der Waals surface area contributed by atoms with Crippen LogP contribution in [0.15, 0.2) is 16.7 Å². The van der Waals surface area contributed by atoms with Crippen LogP contribution in [0.3, 0.4) is 0 Å². The molecule has 4 aliphatic carbocycles. The Morgan fingerprint density at radius 2 is 2.05 bits per heavy atom. The second-order valence-corrected chi connectivity index (χ2v) is 9.32. The molecule has 4 aliphatic rings. The molecular formula is C20H28O2. The van der Waals surface area contributed by atoms with E-state index in [2.05, 4.69) is 19.9 Å². The Kier molecular flexibility index (Phi) is 2.49. The van der Waals surface area contributed by atoms with Gasteiger partial charge in [0.25, 0.3) is 0 Å². The van der Waals surface area contributed by atoms with E-state index in [9.17, 15) is 5.11 Å². The first kappa shape index (κ1) is 13.7. The lowest BCUT2D eigenvalue weighted by Gasteiger charge is -2.59. The molecule has 0 radical (unpaired) electrons. The predicted octanol–water partition coefficient (Wildman–Crippen LogP) is 4.67. The fourth-order valence-corrected chi connectivity index (χ4v) is 7.50. The van der Waals surface area contributed by atoms with Crippen LogP contribution in [0.4, 0.5) is 0 Å². The molecule has 3 saturated carbocycles. The van der Waals surface area contributed by atoms with E-state index in [0.29, 0.717) is 22.7 Å². The Morgan fingerprint density at radius 1 is 1.18 bits per heavy atom. The minimum Gasteiger partial charge on any atom is -0.469 e. The number of hydrogen-bond donors (Lipinski definition) is 1. The van der Waals surface area contributed by atoms with Crippen molar-refractivity contribution in [3.8, 4) is 0 Å². The zero-order valence-electron chi connectivity index (χ0n) is 13.9. The summed E-state index contributed by atoms with van der Waals surface area (Å²) in [5, 5.41) is 10.9. The van der Waals surface area contributed by atoms with Crippen molar-refractivity contribution in [1.29, 1.82) is 0 Å². The molecule has 0 saturated heterocycles. The maximum atomic E-state index is 10.9. The quantitative estimate of drug-likeness (QED) is 0.755. The van der Waals surface area contributed by atoms with Crippen LogP contribution in [0.1, 0.15) is 76.0 Å². The van der Waals surface area contributed by atoms with E-state index in [1.54, 1.807) is 0 Å². The molecule has 0 aromatic carbocycles. The topological polar surface area (TPSA) is 33.4 Å². The average Bonchev–Trinajstić information content (AvgIpc) is 3.00. The third-order valence-electron chi connectivity index (χ3n) is 8.35. The van der Waals surface area contributed by atoms with E-state index >= 15 is 0 Å². The molecule has 120 valence electrons. The van der Waals surface area contributed by atoms with Crippen LogP contribution in [0.5, 0.6) is 0 Å². The van der Waals surface area contributed by atoms with Crippen molar-refractivity contribution in [3.05, 3.63) is 23.7 Å². The molecule has 2 bridgehead atoms. The van der Waals surface area contributed by atoms with E-state index in [1.807, 2.05) is 6.26 Å². The highest BCUT2D eigenvalue weighted by Crippen LogP contribution is 2.71. The third-order valence-corrected chi connectivity index (χ3v) is 8.35. The molecule has 5 rings (SSSR count). The average molecular weight is 300 g/mol. The number of aliphatic hydroxyl groups is 1. The molecule has 0 aliphatic heterocycles. The van der Waals surface area contributed by atoms with Gasteiger partial charge in [0.05, 0.1) is 11.9 Å². The van der Waals surface area contributed by atoms with Gasteiger partial charge >= 0.3 is 0 Å². The van der Waals surface area contributed by atoms with Gasteiger partial charge in [0.15, 0.2) is 0 Å². The van der Waals surface area contributed by atoms with Crippen LogP contribution >= 0.6 is 0 Å². The standard InChI is InChI=1S/C20H28O2/c1-18-8-6-16-14(7-10-22-16)15(18)5-9-20-11-13(3-4-17(18)20)19(2,21)12-20/h7,10,13,15,17,21H,3-6,8-9,11-12H2,1-2H3/t13?,15?,17?,18-,19?,20+/m1/s1. The van der Waals surface area contributed by atoms with Crippen LogP contribution in [0.2, 0.25) is 0 Å². The molecule has 1 N–H and O–H groups in total. The molecular weight excluding hydrogens is 272 g/mol. The van der Waals surface area contributed by atoms with E-state index in [1.165, 1.54) is 49.8 Å². The lowest BCUT2D eigenvalue weighted by atomic mass is 9.45. The van der Waals surface area contributed by atoms with Gasteiger partial charge in [-0.1, -0.05) is 6.92 Å². The Balaban J connectivity index is 1.58. The normalized spacial score (nSPS) is 52.8. The number of aryl methyl sites for hydroxylation is 1. The van der Waals surface area contributed by atoms with Crippen molar-refractivity contribution in [2.45, 2.75) is 76.7 Å². The maximum absolute atomic E-state index is 10.9. The molecule has 1 aromatic heterocycles. The Bertz CT molecular complexity index is 615. The lowest BCUT2D eigenvalue weighted by molar-refractivity contribution is -0.0702. The monoisotopic (exact) mass is 300 g/mol. The SMILES string of the molecule is CC1(O)C[C@@]23CCC4c5ccoc5CC[C@@]4(C)C2CCC1C3. The van der Waals surface area contributed by atoms with Crippen molar-refractivity contribution in [2.75, 3.05) is 0 Å². The van der Waals surface area contributed by atoms with Crippen LogP contribution in [-0.4, -0.2) is 10.7 Å². The third kappa shape index (κ3) is 1.50. The summed E-state index contributed by atoms with van der Waals surface area (Å²) in [4.78, 5) is 0. The van der Waals surface area contributed by atoms with Crippen molar-refractivity contribution >= 4 is 0 Å². The Labute approximate surface area is 133 Å². The molecule has 1 aromatic rings. The van der Waals surface area contributed by atoms with Crippen molar-refractivity contribution in [1.82, 2.24) is 0 Å². The van der Waals surface area contributed by atoms with E-state index in [4.69, 9.17) is 4.42 Å². The molecule has 1 spiro atoms. The van der Waals surface area contributed by atoms with Crippen LogP contribution < -0.4 is 0 Å². The Morgan fingerprint density at radius 3 is 2.91 bits per heavy atom. The first-order valence-corrected chi connectivity index (χ1v) is 9.23. The smallest absolute Gasteiger partial charge is 0.107 e. The summed E-state index contributed by atoms with van der Waals surface area (Å²) in [6, 6.07) is 2.24. The van der Waals surface area contributed by atoms with E-state index < -0.39 is 5.60 Å². The molecule has 2 heteroatoms. The number of fused-ring (bicyclic) bond motifs is 5.